The van der Waals surface area contributed by atoms with E-state index in [1.54, 1.807) is 6.07 Å². The van der Waals surface area contributed by atoms with Crippen LogP contribution in [0.15, 0.2) is 18.2 Å². The van der Waals surface area contributed by atoms with Gasteiger partial charge in [0.05, 0.1) is 12.2 Å². The minimum absolute atomic E-state index is 0.0652. The molecule has 0 bridgehead atoms. The number of ether oxygens (including phenoxy) is 5. The zero-order valence-electron chi connectivity index (χ0n) is 24.1. The molecule has 0 aliphatic carbocycles. The van der Waals surface area contributed by atoms with Gasteiger partial charge in [-0.2, -0.15) is 0 Å². The third-order valence-electron chi connectivity index (χ3n) is 6.91. The quantitative estimate of drug-likeness (QED) is 0.219. The van der Waals surface area contributed by atoms with Gasteiger partial charge in [0.2, 0.25) is 5.79 Å². The normalized spacial score (nSPS) is 25.5. The van der Waals surface area contributed by atoms with Crippen LogP contribution in [0.2, 0.25) is 0 Å². The maximum Gasteiger partial charge on any atom is 0.335 e. The molecule has 0 amide bonds. The van der Waals surface area contributed by atoms with Gasteiger partial charge in [-0.25, -0.2) is 4.79 Å². The lowest BCUT2D eigenvalue weighted by atomic mass is 9.85. The molecule has 0 radical (unpaired) electrons. The van der Waals surface area contributed by atoms with Gasteiger partial charge in [-0.05, 0) is 50.3 Å². The number of carboxylic acid groups (broad SMARTS) is 1. The lowest BCUT2D eigenvalue weighted by Gasteiger charge is -2.50. The second kappa shape index (κ2) is 17.2. The molecule has 2 N–H and O–H groups in total. The molecule has 2 rings (SSSR count). The van der Waals surface area contributed by atoms with Crippen LogP contribution in [-0.4, -0.2) is 73.6 Å². The Balaban J connectivity index is 2.58. The Kier molecular flexibility index (Phi) is 14.8. The van der Waals surface area contributed by atoms with Crippen LogP contribution >= 0.6 is 0 Å². The van der Waals surface area contributed by atoms with Crippen LogP contribution in [0.5, 0.6) is 0 Å². The Morgan fingerprint density at radius 3 is 2.00 bits per heavy atom. The molecule has 1 aliphatic rings. The van der Waals surface area contributed by atoms with Crippen LogP contribution in [-0.2, 0) is 29.5 Å². The second-order valence-electron chi connectivity index (χ2n) is 10.1. The minimum atomic E-state index is -1.95. The van der Waals surface area contributed by atoms with Crippen molar-refractivity contribution in [3.63, 3.8) is 0 Å². The van der Waals surface area contributed by atoms with Crippen molar-refractivity contribution in [2.75, 3.05) is 33.0 Å². The molecule has 0 spiro atoms. The summed E-state index contributed by atoms with van der Waals surface area (Å²) < 4.78 is 31.6. The number of rotatable bonds is 19. The Morgan fingerprint density at radius 1 is 0.868 bits per heavy atom. The van der Waals surface area contributed by atoms with Gasteiger partial charge in [0.25, 0.3) is 0 Å². The largest absolute Gasteiger partial charge is 0.478 e. The second-order valence-corrected chi connectivity index (χ2v) is 10.1. The molecule has 0 aromatic heterocycles. The number of hydrogen-bond acceptors (Lipinski definition) is 7. The van der Waals surface area contributed by atoms with E-state index in [9.17, 15) is 15.0 Å². The molecule has 1 aromatic rings. The van der Waals surface area contributed by atoms with Gasteiger partial charge in [-0.15, -0.1) is 0 Å². The molecule has 1 unspecified atom stereocenters. The van der Waals surface area contributed by atoms with Gasteiger partial charge in [0.1, 0.15) is 24.4 Å². The fourth-order valence-corrected chi connectivity index (χ4v) is 4.58. The average molecular weight is 539 g/mol. The molecule has 5 atom stereocenters. The van der Waals surface area contributed by atoms with E-state index in [-0.39, 0.29) is 12.2 Å². The monoisotopic (exact) mass is 538 g/mol. The fourth-order valence-electron chi connectivity index (χ4n) is 4.58. The number of aryl methyl sites for hydroxylation is 1. The third-order valence-corrected chi connectivity index (χ3v) is 6.91. The molecule has 218 valence electrons. The van der Waals surface area contributed by atoms with Gasteiger partial charge >= 0.3 is 5.97 Å². The van der Waals surface area contributed by atoms with Crippen molar-refractivity contribution in [2.45, 2.75) is 116 Å². The van der Waals surface area contributed by atoms with Crippen molar-refractivity contribution in [1.29, 1.82) is 0 Å². The summed E-state index contributed by atoms with van der Waals surface area (Å²) in [4.78, 5) is 11.8. The van der Waals surface area contributed by atoms with E-state index >= 15 is 0 Å². The molecule has 8 heteroatoms. The van der Waals surface area contributed by atoms with Crippen molar-refractivity contribution in [3.05, 3.63) is 34.9 Å². The first-order valence-corrected chi connectivity index (χ1v) is 14.5. The topological polar surface area (TPSA) is 104 Å². The molecular formula is C30H50O8. The van der Waals surface area contributed by atoms with E-state index in [0.29, 0.717) is 37.6 Å². The summed E-state index contributed by atoms with van der Waals surface area (Å²) in [6.07, 6.45) is 4.59. The maximum atomic E-state index is 12.3. The lowest BCUT2D eigenvalue weighted by molar-refractivity contribution is -0.375. The van der Waals surface area contributed by atoms with Gasteiger partial charge < -0.3 is 33.9 Å². The van der Waals surface area contributed by atoms with Gasteiger partial charge in [0, 0.05) is 32.0 Å². The summed E-state index contributed by atoms with van der Waals surface area (Å²) in [6.45, 7) is 12.4. The van der Waals surface area contributed by atoms with E-state index in [0.717, 1.165) is 51.4 Å². The first kappa shape index (κ1) is 32.7. The molecule has 1 saturated heterocycles. The Bertz CT molecular complexity index is 815. The summed E-state index contributed by atoms with van der Waals surface area (Å²) in [6, 6.07) is 4.69. The molecule has 0 saturated carbocycles. The number of aliphatic hydroxyl groups is 1. The number of hydrogen-bond donors (Lipinski definition) is 2. The van der Waals surface area contributed by atoms with Crippen LogP contribution in [0.3, 0.4) is 0 Å². The van der Waals surface area contributed by atoms with Crippen molar-refractivity contribution in [3.8, 4) is 0 Å². The fraction of sp³-hybridized carbons (Fsp3) is 0.767. The Labute approximate surface area is 229 Å². The van der Waals surface area contributed by atoms with Crippen LogP contribution in [0.4, 0.5) is 0 Å². The smallest absolute Gasteiger partial charge is 0.335 e. The number of unbranched alkanes of at least 4 members (excludes halogenated alkanes) is 4. The summed E-state index contributed by atoms with van der Waals surface area (Å²) >= 11 is 0. The summed E-state index contributed by atoms with van der Waals surface area (Å²) in [5, 5.41) is 22.0. The van der Waals surface area contributed by atoms with Crippen LogP contribution in [0.1, 0.15) is 101 Å². The lowest BCUT2D eigenvalue weighted by Crippen LogP contribution is -2.66. The van der Waals surface area contributed by atoms with Gasteiger partial charge in [0.15, 0.2) is 0 Å². The number of carboxylic acids is 1. The van der Waals surface area contributed by atoms with Crippen LogP contribution in [0, 0.1) is 6.92 Å². The molecular weight excluding hydrogens is 488 g/mol. The summed E-state index contributed by atoms with van der Waals surface area (Å²) in [5.41, 5.74) is 1.12. The highest BCUT2D eigenvalue weighted by atomic mass is 16.7. The Hall–Kier alpha value is -1.55. The van der Waals surface area contributed by atoms with Crippen LogP contribution < -0.4 is 0 Å². The predicted molar refractivity (Wildman–Crippen MR) is 147 cm³/mol. The molecule has 1 aromatic carbocycles. The summed E-state index contributed by atoms with van der Waals surface area (Å²) in [5.74, 6) is -3.03. The molecule has 1 heterocycles. The highest BCUT2D eigenvalue weighted by Gasteiger charge is 2.57. The SMILES string of the molecule is CCCCOC[C@H]1OC(O)(c2cc(C(=O)O)ccc2C)[C@H](OCCCC)[C@@H](OCCCC)[C@@H]1OCCCC. The number of aromatic carboxylic acids is 1. The van der Waals surface area contributed by atoms with Gasteiger partial charge in [-0.3, -0.25) is 0 Å². The van der Waals surface area contributed by atoms with E-state index in [1.165, 1.54) is 12.1 Å². The van der Waals surface area contributed by atoms with Crippen molar-refractivity contribution < 1.29 is 38.7 Å². The van der Waals surface area contributed by atoms with Crippen molar-refractivity contribution in [1.82, 2.24) is 0 Å². The number of carbonyl (C=O) groups is 1. The maximum absolute atomic E-state index is 12.3. The van der Waals surface area contributed by atoms with E-state index in [1.807, 2.05) is 6.92 Å². The van der Waals surface area contributed by atoms with Crippen molar-refractivity contribution >= 4 is 5.97 Å². The predicted octanol–water partition coefficient (Wildman–Crippen LogP) is 5.61. The third kappa shape index (κ3) is 9.00. The van der Waals surface area contributed by atoms with E-state index in [4.69, 9.17) is 23.7 Å². The molecule has 1 aliphatic heterocycles. The first-order valence-electron chi connectivity index (χ1n) is 14.5. The minimum Gasteiger partial charge on any atom is -0.478 e. The highest BCUT2D eigenvalue weighted by molar-refractivity contribution is 5.88. The average Bonchev–Trinajstić information content (AvgIpc) is 2.89. The summed E-state index contributed by atoms with van der Waals surface area (Å²) in [7, 11) is 0. The van der Waals surface area contributed by atoms with Gasteiger partial charge in [-0.1, -0.05) is 59.4 Å². The number of benzene rings is 1. The van der Waals surface area contributed by atoms with Crippen LogP contribution in [0.25, 0.3) is 0 Å². The standard InChI is InChI=1S/C30H50O8/c1-6-10-16-34-21-25-26(35-17-11-7-2)27(36-18-12-8-3)28(37-19-13-9-4)30(33,38-25)24-20-23(29(31)32)15-14-22(24)5/h14-15,20,25-28,33H,6-13,16-19,21H2,1-5H3,(H,31,32)/t25-,26-,27+,28-,30?/m1/s1. The highest BCUT2D eigenvalue weighted by Crippen LogP contribution is 2.42. The molecule has 8 nitrogen and oxygen atoms in total. The van der Waals surface area contributed by atoms with E-state index < -0.39 is 36.2 Å². The van der Waals surface area contributed by atoms with Crippen molar-refractivity contribution in [2.24, 2.45) is 0 Å². The molecule has 1 fully saturated rings. The first-order chi connectivity index (χ1) is 18.3. The van der Waals surface area contributed by atoms with E-state index in [2.05, 4.69) is 27.7 Å². The zero-order chi connectivity index (χ0) is 28.0. The molecule has 38 heavy (non-hydrogen) atoms. The zero-order valence-corrected chi connectivity index (χ0v) is 24.1. The Morgan fingerprint density at radius 2 is 1.42 bits per heavy atom.